The Bertz CT molecular complexity index is 955. The van der Waals surface area contributed by atoms with Gasteiger partial charge in [-0.15, -0.1) is 0 Å². The Balaban J connectivity index is 2.02. The number of aromatic nitrogens is 2. The number of hydrogen-bond donors (Lipinski definition) is 1. The predicted molar refractivity (Wildman–Crippen MR) is 97.3 cm³/mol. The zero-order chi connectivity index (χ0) is 20.6. The van der Waals surface area contributed by atoms with Crippen LogP contribution < -0.4 is 11.2 Å². The summed E-state index contributed by atoms with van der Waals surface area (Å²) in [6.07, 6.45) is -3.28. The molecular formula is C19H21F3N4O2. The third-order valence-electron chi connectivity index (χ3n) is 4.91. The number of rotatable bonds is 2. The van der Waals surface area contributed by atoms with Crippen molar-refractivity contribution in [3.63, 3.8) is 0 Å². The van der Waals surface area contributed by atoms with Gasteiger partial charge in [0.2, 0.25) is 5.43 Å². The number of amides is 1. The molecule has 150 valence electrons. The fraction of sp³-hybridized carbons (Fsp3) is 0.421. The minimum atomic E-state index is -4.51. The van der Waals surface area contributed by atoms with Crippen molar-refractivity contribution < 1.29 is 18.0 Å². The summed E-state index contributed by atoms with van der Waals surface area (Å²) in [5.74, 6) is -0.537. The second-order valence-corrected chi connectivity index (χ2v) is 7.09. The highest BCUT2D eigenvalue weighted by molar-refractivity contribution is 5.92. The fourth-order valence-electron chi connectivity index (χ4n) is 3.42. The maximum absolute atomic E-state index is 13.0. The van der Waals surface area contributed by atoms with E-state index in [1.54, 1.807) is 11.8 Å². The van der Waals surface area contributed by atoms with Crippen molar-refractivity contribution in [1.82, 2.24) is 14.7 Å². The van der Waals surface area contributed by atoms with Crippen molar-refractivity contribution in [3.8, 4) is 5.69 Å². The van der Waals surface area contributed by atoms with Gasteiger partial charge in [0.1, 0.15) is 0 Å². The summed E-state index contributed by atoms with van der Waals surface area (Å²) in [5.41, 5.74) is 4.65. The molecule has 1 aliphatic heterocycles. The molecule has 0 saturated carbocycles. The molecule has 28 heavy (non-hydrogen) atoms. The Kier molecular flexibility index (Phi) is 5.29. The van der Waals surface area contributed by atoms with Crippen molar-refractivity contribution >= 4 is 5.91 Å². The Hall–Kier alpha value is -2.68. The van der Waals surface area contributed by atoms with Crippen LogP contribution in [0.5, 0.6) is 0 Å². The zero-order valence-corrected chi connectivity index (χ0v) is 15.5. The number of nitrogens with zero attached hydrogens (tertiary/aromatic N) is 3. The van der Waals surface area contributed by atoms with Crippen LogP contribution in [0.1, 0.15) is 41.5 Å². The molecule has 2 N–H and O–H groups in total. The highest BCUT2D eigenvalue weighted by Gasteiger charge is 2.32. The molecule has 1 aromatic carbocycles. The maximum Gasteiger partial charge on any atom is 0.416 e. The summed E-state index contributed by atoms with van der Waals surface area (Å²) in [7, 11) is 0. The average molecular weight is 394 g/mol. The van der Waals surface area contributed by atoms with Crippen LogP contribution in [0.25, 0.3) is 5.69 Å². The van der Waals surface area contributed by atoms with Gasteiger partial charge in [-0.05, 0) is 44.9 Å². The monoisotopic (exact) mass is 394 g/mol. The third-order valence-corrected chi connectivity index (χ3v) is 4.91. The first kappa shape index (κ1) is 20.1. The molecule has 0 unspecified atom stereocenters. The summed E-state index contributed by atoms with van der Waals surface area (Å²) in [6, 6.07) is 5.63. The summed E-state index contributed by atoms with van der Waals surface area (Å²) in [4.78, 5) is 26.8. The van der Waals surface area contributed by atoms with E-state index in [0.29, 0.717) is 25.1 Å². The molecule has 1 fully saturated rings. The third kappa shape index (κ3) is 3.94. The number of halogens is 3. The van der Waals surface area contributed by atoms with Gasteiger partial charge in [0, 0.05) is 30.4 Å². The van der Waals surface area contributed by atoms with Gasteiger partial charge in [-0.3, -0.25) is 9.59 Å². The van der Waals surface area contributed by atoms with E-state index < -0.39 is 23.1 Å². The molecule has 0 radical (unpaired) electrons. The number of aryl methyl sites for hydroxylation is 1. The van der Waals surface area contributed by atoms with E-state index >= 15 is 0 Å². The Morgan fingerprint density at radius 3 is 2.64 bits per heavy atom. The number of piperidine rings is 1. The lowest BCUT2D eigenvalue weighted by Crippen LogP contribution is -2.49. The van der Waals surface area contributed by atoms with Crippen molar-refractivity contribution in [2.75, 3.05) is 6.54 Å². The van der Waals surface area contributed by atoms with Gasteiger partial charge in [-0.1, -0.05) is 6.07 Å². The summed E-state index contributed by atoms with van der Waals surface area (Å²) < 4.78 is 40.3. The van der Waals surface area contributed by atoms with Crippen molar-refractivity contribution in [2.24, 2.45) is 5.73 Å². The number of alkyl halides is 3. The van der Waals surface area contributed by atoms with Gasteiger partial charge in [0.15, 0.2) is 5.69 Å². The molecule has 3 rings (SSSR count). The normalized spacial score (nSPS) is 20.3. The molecule has 1 aliphatic rings. The average Bonchev–Trinajstić information content (AvgIpc) is 2.61. The smallest absolute Gasteiger partial charge is 0.334 e. The van der Waals surface area contributed by atoms with Gasteiger partial charge in [0.05, 0.1) is 11.3 Å². The minimum absolute atomic E-state index is 0.00760. The van der Waals surface area contributed by atoms with Crippen molar-refractivity contribution in [3.05, 3.63) is 57.5 Å². The van der Waals surface area contributed by atoms with Crippen LogP contribution >= 0.6 is 0 Å². The van der Waals surface area contributed by atoms with Crippen LogP contribution in [0, 0.1) is 6.92 Å². The molecule has 1 saturated heterocycles. The maximum atomic E-state index is 13.0. The molecular weight excluding hydrogens is 373 g/mol. The lowest BCUT2D eigenvalue weighted by Gasteiger charge is -2.36. The van der Waals surface area contributed by atoms with Gasteiger partial charge in [-0.2, -0.15) is 18.3 Å². The second-order valence-electron chi connectivity index (χ2n) is 7.09. The van der Waals surface area contributed by atoms with Crippen LogP contribution in [0.3, 0.4) is 0 Å². The Morgan fingerprint density at radius 1 is 1.29 bits per heavy atom. The molecule has 1 amide bonds. The largest absolute Gasteiger partial charge is 0.416 e. The summed E-state index contributed by atoms with van der Waals surface area (Å²) in [6.45, 7) is 3.79. The van der Waals surface area contributed by atoms with Gasteiger partial charge in [-0.25, -0.2) is 4.68 Å². The van der Waals surface area contributed by atoms with Crippen LogP contribution in [-0.4, -0.2) is 39.2 Å². The molecule has 0 spiro atoms. The van der Waals surface area contributed by atoms with E-state index in [1.807, 2.05) is 6.92 Å². The van der Waals surface area contributed by atoms with E-state index in [9.17, 15) is 22.8 Å². The number of nitrogens with two attached hydrogens (primary N) is 1. The lowest BCUT2D eigenvalue weighted by atomic mass is 9.99. The van der Waals surface area contributed by atoms with Crippen molar-refractivity contribution in [2.45, 2.75) is 44.9 Å². The predicted octanol–water partition coefficient (Wildman–Crippen LogP) is 2.51. The van der Waals surface area contributed by atoms with E-state index in [0.717, 1.165) is 12.1 Å². The highest BCUT2D eigenvalue weighted by Crippen LogP contribution is 2.30. The number of likely N-dealkylation sites (tertiary alicyclic amines) is 1. The van der Waals surface area contributed by atoms with E-state index in [1.165, 1.54) is 22.9 Å². The molecule has 2 heterocycles. The van der Waals surface area contributed by atoms with Gasteiger partial charge >= 0.3 is 6.18 Å². The van der Waals surface area contributed by atoms with E-state index in [-0.39, 0.29) is 23.5 Å². The van der Waals surface area contributed by atoms with E-state index in [4.69, 9.17) is 5.73 Å². The number of carbonyl (C=O) groups excluding carboxylic acids is 1. The first-order valence-corrected chi connectivity index (χ1v) is 8.93. The lowest BCUT2D eigenvalue weighted by molar-refractivity contribution is -0.137. The molecule has 6 nitrogen and oxygen atoms in total. The molecule has 2 aromatic rings. The van der Waals surface area contributed by atoms with Gasteiger partial charge < -0.3 is 10.6 Å². The molecule has 9 heteroatoms. The van der Waals surface area contributed by atoms with Crippen LogP contribution in [0.15, 0.2) is 35.1 Å². The standard InChI is InChI=1S/C19H21F3N4O2/c1-11-8-14(23)6-7-25(11)18(28)17-16(27)9-12(2)26(24-17)15-5-3-4-13(10-15)19(20,21)22/h3-5,9-11,14H,6-8,23H2,1-2H3/t11-,14+/m1/s1. The molecule has 1 aromatic heterocycles. The first-order valence-electron chi connectivity index (χ1n) is 8.93. The fourth-order valence-corrected chi connectivity index (χ4v) is 3.42. The number of carbonyl (C=O) groups is 1. The topological polar surface area (TPSA) is 81.2 Å². The SMILES string of the molecule is Cc1cc(=O)c(C(=O)N2CC[C@H](N)C[C@H]2C)nn1-c1cccc(C(F)(F)F)c1. The zero-order valence-electron chi connectivity index (χ0n) is 15.5. The van der Waals surface area contributed by atoms with Crippen LogP contribution in [-0.2, 0) is 6.18 Å². The van der Waals surface area contributed by atoms with Gasteiger partial charge in [0.25, 0.3) is 5.91 Å². The summed E-state index contributed by atoms with van der Waals surface area (Å²) in [5, 5.41) is 4.11. The number of hydrogen-bond acceptors (Lipinski definition) is 4. The Labute approximate surface area is 159 Å². The molecule has 2 atom stereocenters. The number of benzene rings is 1. The van der Waals surface area contributed by atoms with Crippen LogP contribution in [0.2, 0.25) is 0 Å². The van der Waals surface area contributed by atoms with Crippen LogP contribution in [0.4, 0.5) is 13.2 Å². The quantitative estimate of drug-likeness (QED) is 0.849. The Morgan fingerprint density at radius 2 is 2.00 bits per heavy atom. The van der Waals surface area contributed by atoms with Crippen molar-refractivity contribution in [1.29, 1.82) is 0 Å². The minimum Gasteiger partial charge on any atom is -0.334 e. The first-order chi connectivity index (χ1) is 13.1. The molecule has 0 bridgehead atoms. The molecule has 0 aliphatic carbocycles. The van der Waals surface area contributed by atoms with E-state index in [2.05, 4.69) is 5.10 Å². The summed E-state index contributed by atoms with van der Waals surface area (Å²) >= 11 is 0. The second kappa shape index (κ2) is 7.38. The highest BCUT2D eigenvalue weighted by atomic mass is 19.4.